The molecule has 1 heterocycles. The van der Waals surface area contributed by atoms with Crippen LogP contribution < -0.4 is 5.32 Å². The van der Waals surface area contributed by atoms with Crippen LogP contribution in [0.15, 0.2) is 18.2 Å². The van der Waals surface area contributed by atoms with Gasteiger partial charge in [0.2, 0.25) is 0 Å². The second kappa shape index (κ2) is 5.27. The van der Waals surface area contributed by atoms with Gasteiger partial charge in [0, 0.05) is 20.3 Å². The zero-order valence-electron chi connectivity index (χ0n) is 10.9. The van der Waals surface area contributed by atoms with E-state index >= 15 is 0 Å². The number of methoxy groups -OCH3 is 1. The van der Waals surface area contributed by atoms with Gasteiger partial charge in [-0.05, 0) is 36.8 Å². The number of fused-ring (bicyclic) bond motifs is 1. The van der Waals surface area contributed by atoms with Crippen LogP contribution in [0.3, 0.4) is 0 Å². The summed E-state index contributed by atoms with van der Waals surface area (Å²) in [5.41, 5.74) is 1.40. The van der Waals surface area contributed by atoms with E-state index < -0.39 is 0 Å². The van der Waals surface area contributed by atoms with Crippen LogP contribution in [0.25, 0.3) is 10.2 Å². The maximum Gasteiger partial charge on any atom is 0.183 e. The quantitative estimate of drug-likeness (QED) is 0.868. The van der Waals surface area contributed by atoms with E-state index in [4.69, 9.17) is 16.3 Å². The largest absolute Gasteiger partial charge is 0.385 e. The Hall–Kier alpha value is -0.840. The van der Waals surface area contributed by atoms with Crippen LogP contribution in [0.1, 0.15) is 19.3 Å². The molecule has 1 aliphatic rings. The first-order chi connectivity index (χ1) is 9.22. The van der Waals surface area contributed by atoms with E-state index in [2.05, 4.69) is 10.3 Å². The van der Waals surface area contributed by atoms with Crippen molar-refractivity contribution in [1.82, 2.24) is 4.98 Å². The third-order valence-electron chi connectivity index (χ3n) is 3.78. The Morgan fingerprint density at radius 3 is 3.00 bits per heavy atom. The first kappa shape index (κ1) is 13.2. The molecule has 19 heavy (non-hydrogen) atoms. The molecule has 1 saturated carbocycles. The molecule has 0 unspecified atom stereocenters. The van der Waals surface area contributed by atoms with Gasteiger partial charge in [-0.2, -0.15) is 0 Å². The molecule has 1 fully saturated rings. The van der Waals surface area contributed by atoms with Crippen molar-refractivity contribution in [3.05, 3.63) is 23.2 Å². The number of hydrogen-bond acceptors (Lipinski definition) is 4. The standard InChI is InChI=1S/C14H17ClN2OS/c1-18-8-7-14(5-6-14)9-16-13-17-11-4-2-3-10(15)12(11)19-13/h2-4H,5-9H2,1H3,(H,16,17). The molecule has 5 heteroatoms. The number of ether oxygens (including phenoxy) is 1. The lowest BCUT2D eigenvalue weighted by Crippen LogP contribution is -2.17. The molecule has 3 rings (SSSR count). The van der Waals surface area contributed by atoms with E-state index in [0.717, 1.165) is 39.9 Å². The molecule has 0 saturated heterocycles. The van der Waals surface area contributed by atoms with Crippen LogP contribution in [-0.2, 0) is 4.74 Å². The minimum Gasteiger partial charge on any atom is -0.385 e. The predicted octanol–water partition coefficient (Wildman–Crippen LogP) is 4.18. The van der Waals surface area contributed by atoms with Gasteiger partial charge in [-0.3, -0.25) is 0 Å². The first-order valence-electron chi connectivity index (χ1n) is 6.50. The molecular formula is C14H17ClN2OS. The van der Waals surface area contributed by atoms with Crippen LogP contribution in [0.2, 0.25) is 5.02 Å². The number of benzene rings is 1. The van der Waals surface area contributed by atoms with Crippen LogP contribution >= 0.6 is 22.9 Å². The molecule has 1 aromatic heterocycles. The fourth-order valence-electron chi connectivity index (χ4n) is 2.26. The van der Waals surface area contributed by atoms with Gasteiger partial charge in [0.1, 0.15) is 0 Å². The zero-order valence-corrected chi connectivity index (χ0v) is 12.5. The molecule has 3 nitrogen and oxygen atoms in total. The highest BCUT2D eigenvalue weighted by Crippen LogP contribution is 2.49. The average Bonchev–Trinajstić information content (AvgIpc) is 3.05. The summed E-state index contributed by atoms with van der Waals surface area (Å²) in [6.07, 6.45) is 3.70. The lowest BCUT2D eigenvalue weighted by molar-refractivity contribution is 0.175. The van der Waals surface area contributed by atoms with E-state index in [1.165, 1.54) is 12.8 Å². The summed E-state index contributed by atoms with van der Waals surface area (Å²) < 4.78 is 6.24. The Kier molecular flexibility index (Phi) is 3.65. The second-order valence-corrected chi connectivity index (χ2v) is 6.61. The molecular weight excluding hydrogens is 280 g/mol. The highest BCUT2D eigenvalue weighted by molar-refractivity contribution is 7.22. The summed E-state index contributed by atoms with van der Waals surface area (Å²) in [6, 6.07) is 5.85. The van der Waals surface area contributed by atoms with Crippen LogP contribution in [0.4, 0.5) is 5.13 Å². The summed E-state index contributed by atoms with van der Waals surface area (Å²) in [4.78, 5) is 4.58. The van der Waals surface area contributed by atoms with Crippen LogP contribution in [0, 0.1) is 5.41 Å². The molecule has 0 aliphatic heterocycles. The Balaban J connectivity index is 1.67. The predicted molar refractivity (Wildman–Crippen MR) is 81.3 cm³/mol. The topological polar surface area (TPSA) is 34.1 Å². The molecule has 0 atom stereocenters. The highest BCUT2D eigenvalue weighted by Gasteiger charge is 2.41. The van der Waals surface area contributed by atoms with Crippen LogP contribution in [-0.4, -0.2) is 25.2 Å². The van der Waals surface area contributed by atoms with Gasteiger partial charge in [0.25, 0.3) is 0 Å². The van der Waals surface area contributed by atoms with E-state index in [-0.39, 0.29) is 0 Å². The minimum atomic E-state index is 0.428. The maximum atomic E-state index is 6.17. The van der Waals surface area contributed by atoms with Gasteiger partial charge in [0.05, 0.1) is 15.2 Å². The number of nitrogens with zero attached hydrogens (tertiary/aromatic N) is 1. The molecule has 1 aromatic carbocycles. The third kappa shape index (κ3) is 2.86. The van der Waals surface area contributed by atoms with Gasteiger partial charge in [0.15, 0.2) is 5.13 Å². The lowest BCUT2D eigenvalue weighted by Gasteiger charge is -2.14. The number of nitrogens with one attached hydrogen (secondary N) is 1. The van der Waals surface area contributed by atoms with Gasteiger partial charge < -0.3 is 10.1 Å². The lowest BCUT2D eigenvalue weighted by atomic mass is 10.0. The number of thiazole rings is 1. The van der Waals surface area contributed by atoms with Crippen molar-refractivity contribution in [2.24, 2.45) is 5.41 Å². The fraction of sp³-hybridized carbons (Fsp3) is 0.500. The second-order valence-electron chi connectivity index (χ2n) is 5.20. The Morgan fingerprint density at radius 2 is 2.32 bits per heavy atom. The van der Waals surface area contributed by atoms with Crippen LogP contribution in [0.5, 0.6) is 0 Å². The summed E-state index contributed by atoms with van der Waals surface area (Å²) >= 11 is 7.80. The fourth-order valence-corrected chi connectivity index (χ4v) is 3.42. The Bertz CT molecular complexity index is 580. The Morgan fingerprint density at radius 1 is 1.47 bits per heavy atom. The van der Waals surface area contributed by atoms with E-state index in [1.807, 2.05) is 18.2 Å². The maximum absolute atomic E-state index is 6.17. The van der Waals surface area contributed by atoms with E-state index in [1.54, 1.807) is 18.4 Å². The number of anilines is 1. The smallest absolute Gasteiger partial charge is 0.183 e. The minimum absolute atomic E-state index is 0.428. The van der Waals surface area contributed by atoms with Gasteiger partial charge in [-0.1, -0.05) is 29.0 Å². The monoisotopic (exact) mass is 296 g/mol. The van der Waals surface area contributed by atoms with Crippen molar-refractivity contribution in [3.63, 3.8) is 0 Å². The summed E-state index contributed by atoms with van der Waals surface area (Å²) in [5, 5.41) is 5.21. The van der Waals surface area contributed by atoms with Crippen molar-refractivity contribution in [3.8, 4) is 0 Å². The summed E-state index contributed by atoms with van der Waals surface area (Å²) in [7, 11) is 1.76. The zero-order chi connectivity index (χ0) is 13.3. The molecule has 0 amide bonds. The first-order valence-corrected chi connectivity index (χ1v) is 7.70. The molecule has 1 N–H and O–H groups in total. The third-order valence-corrected chi connectivity index (χ3v) is 5.26. The van der Waals surface area contributed by atoms with E-state index in [9.17, 15) is 0 Å². The van der Waals surface area contributed by atoms with Crippen molar-refractivity contribution >= 4 is 38.3 Å². The van der Waals surface area contributed by atoms with Gasteiger partial charge in [-0.25, -0.2) is 4.98 Å². The molecule has 0 radical (unpaired) electrons. The number of aromatic nitrogens is 1. The highest BCUT2D eigenvalue weighted by atomic mass is 35.5. The molecule has 1 aliphatic carbocycles. The number of rotatable bonds is 6. The van der Waals surface area contributed by atoms with Crippen molar-refractivity contribution < 1.29 is 4.74 Å². The summed E-state index contributed by atoms with van der Waals surface area (Å²) in [5.74, 6) is 0. The summed E-state index contributed by atoms with van der Waals surface area (Å²) in [6.45, 7) is 1.82. The van der Waals surface area contributed by atoms with Gasteiger partial charge in [-0.15, -0.1) is 0 Å². The molecule has 0 bridgehead atoms. The van der Waals surface area contributed by atoms with Gasteiger partial charge >= 0.3 is 0 Å². The Labute approximate surface area is 121 Å². The molecule has 2 aromatic rings. The van der Waals surface area contributed by atoms with E-state index in [0.29, 0.717) is 5.41 Å². The van der Waals surface area contributed by atoms with Crippen molar-refractivity contribution in [1.29, 1.82) is 0 Å². The SMILES string of the molecule is COCCC1(CNc2nc3cccc(Cl)c3s2)CC1. The van der Waals surface area contributed by atoms with Crippen molar-refractivity contribution in [2.45, 2.75) is 19.3 Å². The molecule has 102 valence electrons. The molecule has 0 spiro atoms. The number of halogens is 1. The average molecular weight is 297 g/mol. The normalized spacial score (nSPS) is 16.7. The number of hydrogen-bond donors (Lipinski definition) is 1. The van der Waals surface area contributed by atoms with Crippen molar-refractivity contribution in [2.75, 3.05) is 25.6 Å².